The van der Waals surface area contributed by atoms with E-state index in [1.807, 2.05) is 72.8 Å². The van der Waals surface area contributed by atoms with Gasteiger partial charge in [0.2, 0.25) is 0 Å². The minimum absolute atomic E-state index is 0.554. The van der Waals surface area contributed by atoms with Crippen LogP contribution in [-0.2, 0) is 0 Å². The van der Waals surface area contributed by atoms with Crippen LogP contribution >= 0.6 is 0 Å². The van der Waals surface area contributed by atoms with Crippen molar-refractivity contribution in [1.82, 2.24) is 19.5 Å². The molecule has 4 aromatic heterocycles. The van der Waals surface area contributed by atoms with E-state index in [2.05, 4.69) is 114 Å². The summed E-state index contributed by atoms with van der Waals surface area (Å²) < 4.78 is 15.7. The van der Waals surface area contributed by atoms with Gasteiger partial charge in [0.15, 0.2) is 23.1 Å². The number of furan rings is 2. The van der Waals surface area contributed by atoms with Crippen LogP contribution in [0.15, 0.2) is 191 Å². The zero-order valence-corrected chi connectivity index (χ0v) is 30.4. The molecule has 0 fully saturated rings. The standard InChI is InChI=1S/C51H30N4O2/c1-3-14-31(15-4-1)34-28-29-42(55-40-22-10-7-18-35(40)36-19-8-11-23-41(36)55)48-47(34)46-39(21-13-25-44(46)57-48)51-53-49(32-16-5-2-6-17-32)52-50(54-51)33-26-27-38-37-20-9-12-24-43(37)56-45(38)30-33/h1-30H. The molecule has 0 N–H and O–H groups in total. The Morgan fingerprint density at radius 1 is 0.351 bits per heavy atom. The maximum Gasteiger partial charge on any atom is 0.164 e. The summed E-state index contributed by atoms with van der Waals surface area (Å²) in [4.78, 5) is 15.5. The summed E-state index contributed by atoms with van der Waals surface area (Å²) >= 11 is 0. The molecule has 0 saturated heterocycles. The Bertz CT molecular complexity index is 3470. The Hall–Kier alpha value is -7.83. The van der Waals surface area contributed by atoms with Gasteiger partial charge in [0.25, 0.3) is 0 Å². The van der Waals surface area contributed by atoms with Crippen LogP contribution in [-0.4, -0.2) is 19.5 Å². The Balaban J connectivity index is 1.15. The molecule has 0 unspecified atom stereocenters. The Morgan fingerprint density at radius 2 is 0.947 bits per heavy atom. The van der Waals surface area contributed by atoms with Crippen molar-refractivity contribution in [3.05, 3.63) is 182 Å². The third kappa shape index (κ3) is 4.87. The third-order valence-corrected chi connectivity index (χ3v) is 11.1. The van der Waals surface area contributed by atoms with Crippen molar-refractivity contribution in [3.63, 3.8) is 0 Å². The molecule has 266 valence electrons. The fraction of sp³-hybridized carbons (Fsp3) is 0. The second-order valence-corrected chi connectivity index (χ2v) is 14.3. The van der Waals surface area contributed by atoms with Gasteiger partial charge in [0.05, 0.1) is 16.7 Å². The van der Waals surface area contributed by atoms with Gasteiger partial charge >= 0.3 is 0 Å². The highest BCUT2D eigenvalue weighted by atomic mass is 16.3. The first-order chi connectivity index (χ1) is 28.3. The van der Waals surface area contributed by atoms with Crippen LogP contribution in [0.1, 0.15) is 0 Å². The summed E-state index contributed by atoms with van der Waals surface area (Å²) in [6.45, 7) is 0. The van der Waals surface area contributed by atoms with E-state index in [0.717, 1.165) is 88.4 Å². The highest BCUT2D eigenvalue weighted by Crippen LogP contribution is 2.45. The summed E-state index contributed by atoms with van der Waals surface area (Å²) in [5.41, 5.74) is 11.1. The Labute approximate surface area is 325 Å². The highest BCUT2D eigenvalue weighted by Gasteiger charge is 2.24. The monoisotopic (exact) mass is 730 g/mol. The largest absolute Gasteiger partial charge is 0.456 e. The fourth-order valence-electron chi connectivity index (χ4n) is 8.52. The highest BCUT2D eigenvalue weighted by molar-refractivity contribution is 6.20. The van der Waals surface area contributed by atoms with Crippen LogP contribution in [0.4, 0.5) is 0 Å². The molecule has 0 bridgehead atoms. The number of para-hydroxylation sites is 3. The number of hydrogen-bond donors (Lipinski definition) is 0. The molecule has 6 heteroatoms. The van der Waals surface area contributed by atoms with Gasteiger partial charge in [-0.05, 0) is 53.6 Å². The maximum atomic E-state index is 7.03. The maximum absolute atomic E-state index is 7.03. The smallest absolute Gasteiger partial charge is 0.164 e. The molecule has 0 saturated carbocycles. The average Bonchev–Trinajstić information content (AvgIpc) is 3.96. The normalized spacial score (nSPS) is 11.9. The van der Waals surface area contributed by atoms with Gasteiger partial charge in [-0.2, -0.15) is 0 Å². The summed E-state index contributed by atoms with van der Waals surface area (Å²) in [7, 11) is 0. The molecular weight excluding hydrogens is 701 g/mol. The zero-order valence-electron chi connectivity index (χ0n) is 30.4. The predicted octanol–water partition coefficient (Wildman–Crippen LogP) is 13.4. The van der Waals surface area contributed by atoms with E-state index < -0.39 is 0 Å². The predicted molar refractivity (Wildman–Crippen MR) is 230 cm³/mol. The molecule has 0 aliphatic carbocycles. The van der Waals surface area contributed by atoms with E-state index in [1.165, 1.54) is 10.8 Å². The van der Waals surface area contributed by atoms with Gasteiger partial charge in [-0.15, -0.1) is 0 Å². The van der Waals surface area contributed by atoms with Gasteiger partial charge in [0.1, 0.15) is 16.7 Å². The Morgan fingerprint density at radius 3 is 1.70 bits per heavy atom. The molecule has 8 aromatic carbocycles. The van der Waals surface area contributed by atoms with Gasteiger partial charge in [-0.25, -0.2) is 15.0 Å². The van der Waals surface area contributed by atoms with Gasteiger partial charge in [-0.1, -0.05) is 140 Å². The van der Waals surface area contributed by atoms with E-state index in [0.29, 0.717) is 17.5 Å². The molecule has 12 rings (SSSR count). The van der Waals surface area contributed by atoms with Gasteiger partial charge < -0.3 is 13.4 Å². The first-order valence-corrected chi connectivity index (χ1v) is 19.0. The van der Waals surface area contributed by atoms with Gasteiger partial charge in [-0.3, -0.25) is 0 Å². The molecule has 57 heavy (non-hydrogen) atoms. The topological polar surface area (TPSA) is 69.9 Å². The van der Waals surface area contributed by atoms with Crippen molar-refractivity contribution < 1.29 is 8.83 Å². The third-order valence-electron chi connectivity index (χ3n) is 11.1. The van der Waals surface area contributed by atoms with Crippen molar-refractivity contribution in [2.24, 2.45) is 0 Å². The second kappa shape index (κ2) is 12.3. The molecule has 0 atom stereocenters. The van der Waals surface area contributed by atoms with Crippen LogP contribution in [0.5, 0.6) is 0 Å². The van der Waals surface area contributed by atoms with E-state index in [1.54, 1.807) is 0 Å². The lowest BCUT2D eigenvalue weighted by Crippen LogP contribution is -2.00. The minimum Gasteiger partial charge on any atom is -0.456 e. The zero-order chi connectivity index (χ0) is 37.5. The molecule has 0 radical (unpaired) electrons. The number of nitrogens with zero attached hydrogens (tertiary/aromatic N) is 4. The Kier molecular flexibility index (Phi) is 6.83. The molecule has 6 nitrogen and oxygen atoms in total. The summed E-state index contributed by atoms with van der Waals surface area (Å²) in [6.07, 6.45) is 0. The lowest BCUT2D eigenvalue weighted by atomic mass is 9.96. The first-order valence-electron chi connectivity index (χ1n) is 19.0. The van der Waals surface area contributed by atoms with Gasteiger partial charge in [0, 0.05) is 49.0 Å². The van der Waals surface area contributed by atoms with Crippen LogP contribution in [0.2, 0.25) is 0 Å². The molecule has 0 aliphatic rings. The van der Waals surface area contributed by atoms with E-state index in [9.17, 15) is 0 Å². The minimum atomic E-state index is 0.554. The number of rotatable bonds is 5. The summed E-state index contributed by atoms with van der Waals surface area (Å²) in [6, 6.07) is 62.6. The molecule has 4 heterocycles. The molecular formula is C51H30N4O2. The number of aromatic nitrogens is 4. The van der Waals surface area contributed by atoms with Crippen molar-refractivity contribution >= 4 is 65.7 Å². The van der Waals surface area contributed by atoms with Crippen molar-refractivity contribution in [2.75, 3.05) is 0 Å². The molecule has 0 aliphatic heterocycles. The average molecular weight is 731 g/mol. The number of benzene rings is 8. The van der Waals surface area contributed by atoms with Crippen molar-refractivity contribution in [2.45, 2.75) is 0 Å². The quantitative estimate of drug-likeness (QED) is 0.176. The number of hydrogen-bond acceptors (Lipinski definition) is 5. The van der Waals surface area contributed by atoms with Crippen LogP contribution in [0.25, 0.3) is 117 Å². The molecule has 0 amide bonds. The van der Waals surface area contributed by atoms with Crippen molar-refractivity contribution in [3.8, 4) is 51.0 Å². The van der Waals surface area contributed by atoms with E-state index in [4.69, 9.17) is 23.8 Å². The summed E-state index contributed by atoms with van der Waals surface area (Å²) in [5.74, 6) is 1.69. The molecule has 12 aromatic rings. The van der Waals surface area contributed by atoms with Crippen molar-refractivity contribution in [1.29, 1.82) is 0 Å². The molecule has 0 spiro atoms. The van der Waals surface area contributed by atoms with E-state index >= 15 is 0 Å². The first kappa shape index (κ1) is 31.5. The second-order valence-electron chi connectivity index (χ2n) is 14.3. The van der Waals surface area contributed by atoms with Crippen LogP contribution in [0.3, 0.4) is 0 Å². The SMILES string of the molecule is c1ccc(-c2nc(-c3ccc4c(c3)oc3ccccc34)nc(-c3cccc4oc5c(-n6c7ccccc7c7ccccc76)ccc(-c6ccccc6)c5c34)n2)cc1. The summed E-state index contributed by atoms with van der Waals surface area (Å²) in [5, 5.41) is 6.45. The fourth-order valence-corrected chi connectivity index (χ4v) is 8.52. The van der Waals surface area contributed by atoms with Crippen LogP contribution < -0.4 is 0 Å². The lowest BCUT2D eigenvalue weighted by molar-refractivity contribution is 0.666. The van der Waals surface area contributed by atoms with Crippen LogP contribution in [0, 0.1) is 0 Å². The lowest BCUT2D eigenvalue weighted by Gasteiger charge is -2.12. The number of fused-ring (bicyclic) bond motifs is 9. The van der Waals surface area contributed by atoms with E-state index in [-0.39, 0.29) is 0 Å².